The molecule has 23 heavy (non-hydrogen) atoms. The molecule has 0 saturated carbocycles. The molecule has 0 saturated heterocycles. The third-order valence-corrected chi connectivity index (χ3v) is 4.28. The number of hydrogen-bond acceptors (Lipinski definition) is 2. The van der Waals surface area contributed by atoms with Gasteiger partial charge in [-0.2, -0.15) is 0 Å². The summed E-state index contributed by atoms with van der Waals surface area (Å²) < 4.78 is 0. The quantitative estimate of drug-likeness (QED) is 0.755. The van der Waals surface area contributed by atoms with Crippen LogP contribution in [0.5, 0.6) is 11.5 Å². The van der Waals surface area contributed by atoms with Crippen molar-refractivity contribution in [1.82, 2.24) is 0 Å². The number of aromatic hydroxyl groups is 2. The average molecular weight is 308 g/mol. The largest absolute Gasteiger partial charge is 0.507 e. The van der Waals surface area contributed by atoms with Crippen molar-refractivity contribution in [2.24, 2.45) is 0 Å². The van der Waals surface area contributed by atoms with E-state index in [-0.39, 0.29) is 0 Å². The maximum atomic E-state index is 10.5. The Morgan fingerprint density at radius 2 is 1.17 bits per heavy atom. The first-order valence-corrected chi connectivity index (χ1v) is 7.82. The molecule has 0 radical (unpaired) electrons. The lowest BCUT2D eigenvalue weighted by Crippen LogP contribution is -1.98. The molecule has 2 N–H and O–H groups in total. The first-order chi connectivity index (χ1) is 11.0. The normalized spacial score (nSPS) is 10.5. The van der Waals surface area contributed by atoms with Crippen LogP contribution < -0.4 is 0 Å². The smallest absolute Gasteiger partial charge is 0.122 e. The highest BCUT2D eigenvalue weighted by atomic mass is 16.3. The van der Waals surface area contributed by atoms with Crippen molar-refractivity contribution >= 4 is 0 Å². The van der Waals surface area contributed by atoms with Crippen LogP contribution in [0.4, 0.5) is 0 Å². The maximum absolute atomic E-state index is 10.5. The van der Waals surface area contributed by atoms with E-state index >= 15 is 0 Å². The van der Waals surface area contributed by atoms with Crippen molar-refractivity contribution < 1.29 is 10.2 Å². The van der Waals surface area contributed by atoms with E-state index < -0.39 is 0 Å². The summed E-state index contributed by atoms with van der Waals surface area (Å²) in [4.78, 5) is 0. The van der Waals surface area contributed by atoms with Crippen LogP contribution in [0.1, 0.15) is 33.4 Å². The number of aryl methyl sites for hydroxylation is 2. The van der Waals surface area contributed by atoms with Gasteiger partial charge in [-0.25, -0.2) is 0 Å². The molecule has 2 aromatic rings. The molecular weight excluding hydrogens is 284 g/mol. The van der Waals surface area contributed by atoms with E-state index in [1.165, 1.54) is 0 Å². The van der Waals surface area contributed by atoms with Crippen LogP contribution in [0.25, 0.3) is 0 Å². The Kier molecular flexibility index (Phi) is 5.28. The standard InChI is InChI=1S/C21H24O2/c1-5-7-18-14(3)9-11-16(20(18)22)13-17-12-10-15(4)19(8-6-2)21(17)23/h5-6,9-12,22-23H,1-2,7-8,13H2,3-4H3. The molecule has 2 rings (SSSR count). The molecule has 2 heteroatoms. The first-order valence-electron chi connectivity index (χ1n) is 7.82. The fraction of sp³-hybridized carbons (Fsp3) is 0.238. The Balaban J connectivity index is 2.44. The maximum Gasteiger partial charge on any atom is 0.122 e. The Morgan fingerprint density at radius 3 is 1.52 bits per heavy atom. The van der Waals surface area contributed by atoms with Gasteiger partial charge in [0.05, 0.1) is 0 Å². The van der Waals surface area contributed by atoms with Crippen LogP contribution in [0.3, 0.4) is 0 Å². The number of rotatable bonds is 6. The number of hydrogen-bond donors (Lipinski definition) is 2. The van der Waals surface area contributed by atoms with Gasteiger partial charge in [-0.05, 0) is 48.9 Å². The number of phenolic OH excluding ortho intramolecular Hbond substituents is 2. The van der Waals surface area contributed by atoms with Gasteiger partial charge in [-0.15, -0.1) is 13.2 Å². The molecule has 0 aliphatic carbocycles. The summed E-state index contributed by atoms with van der Waals surface area (Å²) in [5, 5.41) is 21.1. The van der Waals surface area contributed by atoms with E-state index in [1.807, 2.05) is 38.1 Å². The van der Waals surface area contributed by atoms with Crippen molar-refractivity contribution in [2.45, 2.75) is 33.1 Å². The highest BCUT2D eigenvalue weighted by molar-refractivity contribution is 5.52. The third-order valence-electron chi connectivity index (χ3n) is 4.28. The van der Waals surface area contributed by atoms with Gasteiger partial charge >= 0.3 is 0 Å². The summed E-state index contributed by atoms with van der Waals surface area (Å²) in [6.45, 7) is 11.5. The van der Waals surface area contributed by atoms with Crippen LogP contribution in [0, 0.1) is 13.8 Å². The Morgan fingerprint density at radius 1 is 0.783 bits per heavy atom. The fourth-order valence-corrected chi connectivity index (χ4v) is 2.87. The molecular formula is C21H24O2. The molecule has 120 valence electrons. The molecule has 0 aliphatic rings. The predicted octanol–water partition coefficient (Wildman–Crippen LogP) is 4.76. The Hall–Kier alpha value is -2.48. The van der Waals surface area contributed by atoms with Crippen molar-refractivity contribution in [1.29, 1.82) is 0 Å². The summed E-state index contributed by atoms with van der Waals surface area (Å²) in [6.07, 6.45) is 5.33. The second kappa shape index (κ2) is 7.19. The molecule has 0 aliphatic heterocycles. The number of benzene rings is 2. The molecule has 0 heterocycles. The first kappa shape index (κ1) is 16.9. The minimum Gasteiger partial charge on any atom is -0.507 e. The van der Waals surface area contributed by atoms with Crippen molar-refractivity contribution in [3.05, 3.63) is 83.0 Å². The zero-order valence-electron chi connectivity index (χ0n) is 13.9. The van der Waals surface area contributed by atoms with E-state index in [0.717, 1.165) is 33.4 Å². The lowest BCUT2D eigenvalue weighted by Gasteiger charge is -2.15. The van der Waals surface area contributed by atoms with E-state index in [9.17, 15) is 10.2 Å². The zero-order chi connectivity index (χ0) is 17.0. The minimum atomic E-state index is 0.301. The lowest BCUT2D eigenvalue weighted by atomic mass is 9.93. The van der Waals surface area contributed by atoms with Gasteiger partial charge in [-0.3, -0.25) is 0 Å². The van der Waals surface area contributed by atoms with Crippen LogP contribution in [-0.4, -0.2) is 10.2 Å². The SMILES string of the molecule is C=CCc1c(C)ccc(Cc2ccc(C)c(CC=C)c2O)c1O. The van der Waals surface area contributed by atoms with Crippen molar-refractivity contribution in [3.63, 3.8) is 0 Å². The van der Waals surface area contributed by atoms with Gasteiger partial charge < -0.3 is 10.2 Å². The van der Waals surface area contributed by atoms with Gasteiger partial charge in [0.25, 0.3) is 0 Å². The highest BCUT2D eigenvalue weighted by Crippen LogP contribution is 2.33. The topological polar surface area (TPSA) is 40.5 Å². The van der Waals surface area contributed by atoms with Crippen LogP contribution in [0.15, 0.2) is 49.6 Å². The molecule has 0 spiro atoms. The zero-order valence-corrected chi connectivity index (χ0v) is 13.9. The lowest BCUT2D eigenvalue weighted by molar-refractivity contribution is 0.456. The summed E-state index contributed by atoms with van der Waals surface area (Å²) in [5.41, 5.74) is 5.52. The molecule has 0 aromatic heterocycles. The minimum absolute atomic E-state index is 0.301. The van der Waals surface area contributed by atoms with E-state index in [1.54, 1.807) is 12.2 Å². The second-order valence-corrected chi connectivity index (χ2v) is 5.90. The van der Waals surface area contributed by atoms with Gasteiger partial charge in [0.1, 0.15) is 11.5 Å². The molecule has 0 bridgehead atoms. The van der Waals surface area contributed by atoms with Gasteiger partial charge in [0, 0.05) is 17.5 Å². The second-order valence-electron chi connectivity index (χ2n) is 5.90. The molecule has 0 fully saturated rings. The monoisotopic (exact) mass is 308 g/mol. The summed E-state index contributed by atoms with van der Waals surface area (Å²) >= 11 is 0. The van der Waals surface area contributed by atoms with Crippen LogP contribution in [0.2, 0.25) is 0 Å². The van der Waals surface area contributed by atoms with Crippen molar-refractivity contribution in [3.8, 4) is 11.5 Å². The average Bonchev–Trinajstić information content (AvgIpc) is 2.53. The van der Waals surface area contributed by atoms with E-state index in [4.69, 9.17) is 0 Å². The molecule has 2 aromatic carbocycles. The number of phenols is 2. The summed E-state index contributed by atoms with van der Waals surface area (Å²) in [7, 11) is 0. The molecule has 0 amide bonds. The van der Waals surface area contributed by atoms with Gasteiger partial charge in [0.2, 0.25) is 0 Å². The highest BCUT2D eigenvalue weighted by Gasteiger charge is 2.14. The number of allylic oxidation sites excluding steroid dienone is 2. The Bertz CT molecular complexity index is 678. The van der Waals surface area contributed by atoms with Gasteiger partial charge in [0.15, 0.2) is 0 Å². The fourth-order valence-electron chi connectivity index (χ4n) is 2.87. The van der Waals surface area contributed by atoms with Crippen LogP contribution >= 0.6 is 0 Å². The summed E-state index contributed by atoms with van der Waals surface area (Å²) in [6, 6.07) is 7.85. The van der Waals surface area contributed by atoms with Crippen LogP contribution in [-0.2, 0) is 19.3 Å². The molecule has 0 unspecified atom stereocenters. The molecule has 2 nitrogen and oxygen atoms in total. The third kappa shape index (κ3) is 3.48. The molecule has 0 atom stereocenters. The van der Waals surface area contributed by atoms with Crippen molar-refractivity contribution in [2.75, 3.05) is 0 Å². The van der Waals surface area contributed by atoms with E-state index in [2.05, 4.69) is 13.2 Å². The predicted molar refractivity (Wildman–Crippen MR) is 96.3 cm³/mol. The van der Waals surface area contributed by atoms with E-state index in [0.29, 0.717) is 30.8 Å². The Labute approximate surface area is 138 Å². The van der Waals surface area contributed by atoms with Gasteiger partial charge in [-0.1, -0.05) is 36.4 Å². The summed E-state index contributed by atoms with van der Waals surface area (Å²) in [5.74, 6) is 0.602.